The van der Waals surface area contributed by atoms with Crippen LogP contribution in [0.1, 0.15) is 29.3 Å². The Morgan fingerprint density at radius 2 is 2.15 bits per heavy atom. The Morgan fingerprint density at radius 3 is 2.88 bits per heavy atom. The Hall–Kier alpha value is -1.85. The summed E-state index contributed by atoms with van der Waals surface area (Å²) in [6, 6.07) is 12.6. The number of likely N-dealkylation sites (tertiary alicyclic amines) is 1. The van der Waals surface area contributed by atoms with Crippen LogP contribution in [-0.2, 0) is 17.9 Å². The third-order valence-corrected chi connectivity index (χ3v) is 5.73. The van der Waals surface area contributed by atoms with Crippen LogP contribution in [0.3, 0.4) is 0 Å². The van der Waals surface area contributed by atoms with Crippen molar-refractivity contribution in [2.24, 2.45) is 10.9 Å². The maximum absolute atomic E-state index is 5.94. The molecule has 1 aliphatic rings. The SMILES string of the molecule is CCNC(=NCc1sccc1C)N1CCC(COCc2ccccc2)C1. The molecule has 1 saturated heterocycles. The Morgan fingerprint density at radius 1 is 1.31 bits per heavy atom. The topological polar surface area (TPSA) is 36.9 Å². The summed E-state index contributed by atoms with van der Waals surface area (Å²) in [5.74, 6) is 1.61. The zero-order valence-electron chi connectivity index (χ0n) is 15.8. The van der Waals surface area contributed by atoms with E-state index in [-0.39, 0.29) is 0 Å². The summed E-state index contributed by atoms with van der Waals surface area (Å²) in [5.41, 5.74) is 2.58. The summed E-state index contributed by atoms with van der Waals surface area (Å²) in [4.78, 5) is 8.59. The van der Waals surface area contributed by atoms with E-state index < -0.39 is 0 Å². The standard InChI is InChI=1S/C21H29N3OS/c1-3-22-21(23-13-20-17(2)10-12-26-20)24-11-9-19(14-24)16-25-15-18-7-5-4-6-8-18/h4-8,10,12,19H,3,9,11,13-16H2,1-2H3,(H,22,23). The first-order chi connectivity index (χ1) is 12.8. The first-order valence-electron chi connectivity index (χ1n) is 9.44. The highest BCUT2D eigenvalue weighted by atomic mass is 32.1. The van der Waals surface area contributed by atoms with E-state index in [0.717, 1.165) is 45.2 Å². The molecule has 1 N–H and O–H groups in total. The van der Waals surface area contributed by atoms with E-state index in [9.17, 15) is 0 Å². The Kier molecular flexibility index (Phi) is 7.09. The number of hydrogen-bond donors (Lipinski definition) is 1. The molecule has 4 nitrogen and oxygen atoms in total. The molecule has 2 aromatic rings. The van der Waals surface area contributed by atoms with Gasteiger partial charge in [0.05, 0.1) is 19.8 Å². The zero-order chi connectivity index (χ0) is 18.2. The Balaban J connectivity index is 1.49. The molecule has 1 aromatic carbocycles. The Bertz CT molecular complexity index is 698. The third-order valence-electron chi connectivity index (χ3n) is 4.73. The van der Waals surface area contributed by atoms with E-state index in [2.05, 4.69) is 59.8 Å². The van der Waals surface area contributed by atoms with E-state index in [4.69, 9.17) is 9.73 Å². The molecule has 3 rings (SSSR count). The van der Waals surface area contributed by atoms with Crippen LogP contribution >= 0.6 is 11.3 Å². The lowest BCUT2D eigenvalue weighted by atomic mass is 10.1. The van der Waals surface area contributed by atoms with Crippen molar-refractivity contribution in [1.82, 2.24) is 10.2 Å². The van der Waals surface area contributed by atoms with Crippen molar-refractivity contribution in [2.45, 2.75) is 33.4 Å². The van der Waals surface area contributed by atoms with Crippen LogP contribution < -0.4 is 5.32 Å². The molecule has 1 aliphatic heterocycles. The maximum Gasteiger partial charge on any atom is 0.194 e. The molecular weight excluding hydrogens is 342 g/mol. The number of ether oxygens (including phenoxy) is 1. The van der Waals surface area contributed by atoms with Crippen molar-refractivity contribution >= 4 is 17.3 Å². The zero-order valence-corrected chi connectivity index (χ0v) is 16.6. The number of hydrogen-bond acceptors (Lipinski definition) is 3. The number of aryl methyl sites for hydroxylation is 1. The molecule has 26 heavy (non-hydrogen) atoms. The van der Waals surface area contributed by atoms with Crippen LogP contribution in [0.15, 0.2) is 46.8 Å². The maximum atomic E-state index is 5.94. The normalized spacial score (nSPS) is 17.7. The van der Waals surface area contributed by atoms with Crippen molar-refractivity contribution in [1.29, 1.82) is 0 Å². The number of rotatable bonds is 7. The second kappa shape index (κ2) is 9.74. The minimum atomic E-state index is 0.575. The van der Waals surface area contributed by atoms with Gasteiger partial charge < -0.3 is 15.0 Å². The molecule has 1 fully saturated rings. The lowest BCUT2D eigenvalue weighted by Gasteiger charge is -2.21. The summed E-state index contributed by atoms with van der Waals surface area (Å²) >= 11 is 1.79. The first kappa shape index (κ1) is 18.9. The first-order valence-corrected chi connectivity index (χ1v) is 10.3. The lowest BCUT2D eigenvalue weighted by molar-refractivity contribution is 0.0906. The fraction of sp³-hybridized carbons (Fsp3) is 0.476. The number of nitrogens with one attached hydrogen (secondary N) is 1. The summed E-state index contributed by atoms with van der Waals surface area (Å²) in [5, 5.41) is 5.59. The molecule has 0 saturated carbocycles. The highest BCUT2D eigenvalue weighted by molar-refractivity contribution is 7.10. The molecule has 0 radical (unpaired) electrons. The number of guanidine groups is 1. The average Bonchev–Trinajstić information content (AvgIpc) is 3.29. The second-order valence-corrected chi connectivity index (χ2v) is 7.80. The van der Waals surface area contributed by atoms with Gasteiger partial charge in [-0.1, -0.05) is 30.3 Å². The highest BCUT2D eigenvalue weighted by Gasteiger charge is 2.25. The van der Waals surface area contributed by atoms with E-state index in [1.165, 1.54) is 16.0 Å². The van der Waals surface area contributed by atoms with Crippen LogP contribution in [0.25, 0.3) is 0 Å². The van der Waals surface area contributed by atoms with Crippen LogP contribution in [0, 0.1) is 12.8 Å². The monoisotopic (exact) mass is 371 g/mol. The van der Waals surface area contributed by atoms with Gasteiger partial charge in [0.2, 0.25) is 0 Å². The highest BCUT2D eigenvalue weighted by Crippen LogP contribution is 2.19. The van der Waals surface area contributed by atoms with Crippen LogP contribution in [-0.4, -0.2) is 37.1 Å². The Labute approximate surface area is 160 Å². The summed E-state index contributed by atoms with van der Waals surface area (Å²) in [6.45, 7) is 9.52. The van der Waals surface area contributed by atoms with Gasteiger partial charge in [0.15, 0.2) is 5.96 Å². The van der Waals surface area contributed by atoms with Crippen LogP contribution in [0.4, 0.5) is 0 Å². The summed E-state index contributed by atoms with van der Waals surface area (Å²) < 4.78 is 5.94. The van der Waals surface area contributed by atoms with Gasteiger partial charge in [0.1, 0.15) is 0 Å². The van der Waals surface area contributed by atoms with Crippen molar-refractivity contribution in [3.8, 4) is 0 Å². The fourth-order valence-corrected chi connectivity index (χ4v) is 4.05. The molecule has 1 atom stereocenters. The molecule has 0 aliphatic carbocycles. The minimum absolute atomic E-state index is 0.575. The van der Waals surface area contributed by atoms with Crippen molar-refractivity contribution in [3.05, 3.63) is 57.8 Å². The molecule has 0 spiro atoms. The van der Waals surface area contributed by atoms with Gasteiger partial charge in [-0.3, -0.25) is 0 Å². The molecular formula is C21H29N3OS. The van der Waals surface area contributed by atoms with Crippen molar-refractivity contribution < 1.29 is 4.74 Å². The van der Waals surface area contributed by atoms with Crippen molar-refractivity contribution in [2.75, 3.05) is 26.2 Å². The predicted molar refractivity (Wildman–Crippen MR) is 110 cm³/mol. The second-order valence-electron chi connectivity index (χ2n) is 6.80. The number of nitrogens with zero attached hydrogens (tertiary/aromatic N) is 2. The number of thiophene rings is 1. The summed E-state index contributed by atoms with van der Waals surface area (Å²) in [6.07, 6.45) is 1.16. The molecule has 0 bridgehead atoms. The molecule has 0 amide bonds. The van der Waals surface area contributed by atoms with Crippen LogP contribution in [0.5, 0.6) is 0 Å². The van der Waals surface area contributed by atoms with Crippen LogP contribution in [0.2, 0.25) is 0 Å². The van der Waals surface area contributed by atoms with Gasteiger partial charge >= 0.3 is 0 Å². The van der Waals surface area contributed by atoms with E-state index in [1.807, 2.05) is 6.07 Å². The predicted octanol–water partition coefficient (Wildman–Crippen LogP) is 4.06. The van der Waals surface area contributed by atoms with Gasteiger partial charge in [-0.25, -0.2) is 4.99 Å². The molecule has 5 heteroatoms. The van der Waals surface area contributed by atoms with Gasteiger partial charge in [0, 0.05) is 30.4 Å². The number of aliphatic imine (C=N–C) groups is 1. The van der Waals surface area contributed by atoms with E-state index in [1.54, 1.807) is 11.3 Å². The van der Waals surface area contributed by atoms with E-state index in [0.29, 0.717) is 12.5 Å². The molecule has 2 heterocycles. The molecule has 1 unspecified atom stereocenters. The lowest BCUT2D eigenvalue weighted by Crippen LogP contribution is -2.40. The third kappa shape index (κ3) is 5.32. The minimum Gasteiger partial charge on any atom is -0.376 e. The van der Waals surface area contributed by atoms with Gasteiger partial charge in [-0.05, 0) is 42.8 Å². The van der Waals surface area contributed by atoms with E-state index >= 15 is 0 Å². The van der Waals surface area contributed by atoms with Gasteiger partial charge in [0.25, 0.3) is 0 Å². The largest absolute Gasteiger partial charge is 0.376 e. The number of benzene rings is 1. The average molecular weight is 372 g/mol. The smallest absolute Gasteiger partial charge is 0.194 e. The quantitative estimate of drug-likeness (QED) is 0.589. The van der Waals surface area contributed by atoms with Gasteiger partial charge in [-0.15, -0.1) is 11.3 Å². The fourth-order valence-electron chi connectivity index (χ4n) is 3.22. The van der Waals surface area contributed by atoms with Gasteiger partial charge in [-0.2, -0.15) is 0 Å². The summed E-state index contributed by atoms with van der Waals surface area (Å²) in [7, 11) is 0. The van der Waals surface area contributed by atoms with Crippen molar-refractivity contribution in [3.63, 3.8) is 0 Å². The molecule has 1 aromatic heterocycles. The molecule has 140 valence electrons.